The Hall–Kier alpha value is -3.39. The first-order valence-electron chi connectivity index (χ1n) is 13.1. The number of aliphatic hydroxyl groups excluding tert-OH is 1. The van der Waals surface area contributed by atoms with Gasteiger partial charge in [-0.15, -0.1) is 0 Å². The molecule has 0 fully saturated rings. The highest BCUT2D eigenvalue weighted by Crippen LogP contribution is 2.30. The molecule has 0 saturated carbocycles. The summed E-state index contributed by atoms with van der Waals surface area (Å²) in [5, 5.41) is 15.7. The molecular weight excluding hydrogens is 482 g/mol. The zero-order chi connectivity index (χ0) is 28.8. The summed E-state index contributed by atoms with van der Waals surface area (Å²) in [7, 11) is 0. The van der Waals surface area contributed by atoms with Gasteiger partial charge in [-0.25, -0.2) is 4.79 Å². The molecule has 0 bridgehead atoms. The van der Waals surface area contributed by atoms with Crippen molar-refractivity contribution in [3.8, 4) is 0 Å². The normalized spacial score (nSPS) is 13.7. The number of carbonyl (C=O) groups is 3. The number of hydrogen-bond acceptors (Lipinski definition) is 5. The van der Waals surface area contributed by atoms with Crippen molar-refractivity contribution >= 4 is 23.6 Å². The largest absolute Gasteiger partial charge is 0.444 e. The molecule has 2 aromatic carbocycles. The molecular formula is C30H43N3O5. The highest BCUT2D eigenvalue weighted by molar-refractivity contribution is 6.00. The number of rotatable bonds is 9. The third kappa shape index (κ3) is 8.05. The number of aliphatic hydroxyl groups is 1. The maximum atomic E-state index is 14.0. The van der Waals surface area contributed by atoms with E-state index in [9.17, 15) is 19.5 Å². The molecule has 8 heteroatoms. The number of alkyl carbamates (subject to hydrolysis) is 1. The van der Waals surface area contributed by atoms with E-state index in [0.29, 0.717) is 17.7 Å². The molecule has 3 N–H and O–H groups in total. The van der Waals surface area contributed by atoms with Gasteiger partial charge in [0, 0.05) is 11.7 Å². The van der Waals surface area contributed by atoms with Gasteiger partial charge < -0.3 is 25.4 Å². The number of carbonyl (C=O) groups excluding carboxylic acids is 3. The first-order chi connectivity index (χ1) is 17.7. The molecule has 0 aliphatic rings. The van der Waals surface area contributed by atoms with Crippen molar-refractivity contribution < 1.29 is 24.2 Å². The highest BCUT2D eigenvalue weighted by Gasteiger charge is 2.38. The molecule has 3 atom stereocenters. The van der Waals surface area contributed by atoms with Gasteiger partial charge in [0.15, 0.2) is 0 Å². The van der Waals surface area contributed by atoms with E-state index >= 15 is 0 Å². The Labute approximate surface area is 226 Å². The molecule has 2 aromatic rings. The summed E-state index contributed by atoms with van der Waals surface area (Å²) in [6.07, 6.45) is -0.272. The summed E-state index contributed by atoms with van der Waals surface area (Å²) in [6.45, 7) is 16.0. The fourth-order valence-corrected chi connectivity index (χ4v) is 4.42. The van der Waals surface area contributed by atoms with Crippen molar-refractivity contribution in [1.82, 2.24) is 10.2 Å². The Morgan fingerprint density at radius 3 is 2.03 bits per heavy atom. The van der Waals surface area contributed by atoms with Crippen LogP contribution in [0.3, 0.4) is 0 Å². The summed E-state index contributed by atoms with van der Waals surface area (Å²) in [5.74, 6) is -0.955. The molecule has 0 radical (unpaired) electrons. The summed E-state index contributed by atoms with van der Waals surface area (Å²) < 4.78 is 5.30. The number of amides is 3. The van der Waals surface area contributed by atoms with Crippen LogP contribution >= 0.6 is 0 Å². The average molecular weight is 526 g/mol. The van der Waals surface area contributed by atoms with Gasteiger partial charge in [0.25, 0.3) is 5.91 Å². The number of nitrogens with one attached hydrogen (secondary N) is 2. The first kappa shape index (κ1) is 30.8. The summed E-state index contributed by atoms with van der Waals surface area (Å²) >= 11 is 0. The van der Waals surface area contributed by atoms with Crippen molar-refractivity contribution in [2.24, 2.45) is 0 Å². The monoisotopic (exact) mass is 525 g/mol. The molecule has 0 heterocycles. The maximum Gasteiger partial charge on any atom is 0.408 e. The number of hydrogen-bond donors (Lipinski definition) is 3. The van der Waals surface area contributed by atoms with Crippen LogP contribution in [0.5, 0.6) is 0 Å². The minimum absolute atomic E-state index is 0.380. The Bertz CT molecular complexity index is 1110. The second-order valence-electron chi connectivity index (χ2n) is 11.0. The van der Waals surface area contributed by atoms with Crippen LogP contribution in [0.2, 0.25) is 0 Å². The van der Waals surface area contributed by atoms with Gasteiger partial charge in [0.1, 0.15) is 17.7 Å². The predicted molar refractivity (Wildman–Crippen MR) is 150 cm³/mol. The van der Waals surface area contributed by atoms with Crippen LogP contribution in [0.1, 0.15) is 74.9 Å². The standard InChI is InChI=1S/C30H43N3O5/c1-10-22(6)33(28(36)24(17-34)31-29(37)38-30(7,8)9)26(23-15-18(2)14-19(3)16-23)27(35)32-25-20(4)12-11-13-21(25)5/h11-16,22,24,26,34H,10,17H2,1-9H3,(H,31,37)(H,32,35). The smallest absolute Gasteiger partial charge is 0.408 e. The zero-order valence-electron chi connectivity index (χ0n) is 24.1. The second kappa shape index (κ2) is 12.9. The van der Waals surface area contributed by atoms with Crippen LogP contribution in [0, 0.1) is 27.7 Å². The van der Waals surface area contributed by atoms with Crippen molar-refractivity contribution in [2.75, 3.05) is 11.9 Å². The lowest BCUT2D eigenvalue weighted by atomic mass is 9.96. The Kier molecular flexibility index (Phi) is 10.5. The topological polar surface area (TPSA) is 108 Å². The number of para-hydroxylation sites is 1. The minimum atomic E-state index is -1.29. The zero-order valence-corrected chi connectivity index (χ0v) is 24.1. The number of nitrogens with zero attached hydrogens (tertiary/aromatic N) is 1. The summed E-state index contributed by atoms with van der Waals surface area (Å²) in [6, 6.07) is 8.85. The molecule has 0 aliphatic carbocycles. The first-order valence-corrected chi connectivity index (χ1v) is 13.1. The molecule has 8 nitrogen and oxygen atoms in total. The number of aryl methyl sites for hydroxylation is 4. The molecule has 2 rings (SSSR count). The predicted octanol–water partition coefficient (Wildman–Crippen LogP) is 5.11. The van der Waals surface area contributed by atoms with E-state index in [2.05, 4.69) is 10.6 Å². The van der Waals surface area contributed by atoms with Gasteiger partial charge in [-0.3, -0.25) is 9.59 Å². The number of ether oxygens (including phenoxy) is 1. The SMILES string of the molecule is CCC(C)N(C(=O)C(CO)NC(=O)OC(C)(C)C)C(C(=O)Nc1c(C)cccc1C)c1cc(C)cc(C)c1. The van der Waals surface area contributed by atoms with E-state index in [4.69, 9.17) is 4.74 Å². The Balaban J connectivity index is 2.60. The Morgan fingerprint density at radius 1 is 1.00 bits per heavy atom. The minimum Gasteiger partial charge on any atom is -0.444 e. The second-order valence-corrected chi connectivity index (χ2v) is 11.0. The Morgan fingerprint density at radius 2 is 1.55 bits per heavy atom. The van der Waals surface area contributed by atoms with Crippen molar-refractivity contribution in [3.63, 3.8) is 0 Å². The van der Waals surface area contributed by atoms with Gasteiger partial charge in [-0.1, -0.05) is 54.4 Å². The summed E-state index contributed by atoms with van der Waals surface area (Å²) in [5.41, 5.74) is 4.26. The van der Waals surface area contributed by atoms with Gasteiger partial charge >= 0.3 is 6.09 Å². The van der Waals surface area contributed by atoms with E-state index < -0.39 is 36.3 Å². The lowest BCUT2D eigenvalue weighted by Crippen LogP contribution is -2.56. The third-order valence-electron chi connectivity index (χ3n) is 6.31. The van der Waals surface area contributed by atoms with Gasteiger partial charge in [-0.2, -0.15) is 0 Å². The van der Waals surface area contributed by atoms with Crippen LogP contribution in [-0.2, 0) is 14.3 Å². The van der Waals surface area contributed by atoms with E-state index in [-0.39, 0.29) is 11.9 Å². The van der Waals surface area contributed by atoms with E-state index in [1.165, 1.54) is 4.90 Å². The lowest BCUT2D eigenvalue weighted by molar-refractivity contribution is -0.144. The van der Waals surface area contributed by atoms with Crippen LogP contribution in [0.4, 0.5) is 10.5 Å². The molecule has 3 amide bonds. The lowest BCUT2D eigenvalue weighted by Gasteiger charge is -2.38. The van der Waals surface area contributed by atoms with E-state index in [1.54, 1.807) is 20.8 Å². The van der Waals surface area contributed by atoms with Crippen molar-refractivity contribution in [1.29, 1.82) is 0 Å². The number of anilines is 1. The molecule has 38 heavy (non-hydrogen) atoms. The molecule has 0 aromatic heterocycles. The third-order valence-corrected chi connectivity index (χ3v) is 6.31. The quantitative estimate of drug-likeness (QED) is 0.422. The van der Waals surface area contributed by atoms with Crippen LogP contribution < -0.4 is 10.6 Å². The molecule has 3 unspecified atom stereocenters. The highest BCUT2D eigenvalue weighted by atomic mass is 16.6. The summed E-state index contributed by atoms with van der Waals surface area (Å²) in [4.78, 5) is 42.0. The van der Waals surface area contributed by atoms with Gasteiger partial charge in [0.05, 0.1) is 6.61 Å². The van der Waals surface area contributed by atoms with Crippen molar-refractivity contribution in [2.45, 2.75) is 92.5 Å². The fourth-order valence-electron chi connectivity index (χ4n) is 4.42. The van der Waals surface area contributed by atoms with Gasteiger partial charge in [-0.05, 0) is 78.5 Å². The molecule has 0 saturated heterocycles. The average Bonchev–Trinajstić information content (AvgIpc) is 2.80. The van der Waals surface area contributed by atoms with Crippen LogP contribution in [0.15, 0.2) is 36.4 Å². The number of benzene rings is 2. The fraction of sp³-hybridized carbons (Fsp3) is 0.500. The van der Waals surface area contributed by atoms with E-state index in [0.717, 1.165) is 22.3 Å². The van der Waals surface area contributed by atoms with Crippen LogP contribution in [0.25, 0.3) is 0 Å². The van der Waals surface area contributed by atoms with E-state index in [1.807, 2.05) is 77.9 Å². The molecule has 0 aliphatic heterocycles. The van der Waals surface area contributed by atoms with Gasteiger partial charge in [0.2, 0.25) is 5.91 Å². The van der Waals surface area contributed by atoms with Crippen LogP contribution in [-0.4, -0.2) is 52.2 Å². The molecule has 208 valence electrons. The maximum absolute atomic E-state index is 14.0. The molecule has 0 spiro atoms. The van der Waals surface area contributed by atoms with Crippen molar-refractivity contribution in [3.05, 3.63) is 64.2 Å².